The van der Waals surface area contributed by atoms with Crippen LogP contribution < -0.4 is 11.1 Å². The van der Waals surface area contributed by atoms with Crippen molar-refractivity contribution in [1.82, 2.24) is 0 Å². The Labute approximate surface area is 94.6 Å². The lowest BCUT2D eigenvalue weighted by Gasteiger charge is -2.15. The van der Waals surface area contributed by atoms with E-state index < -0.39 is 0 Å². The van der Waals surface area contributed by atoms with Crippen LogP contribution in [0.1, 0.15) is 25.5 Å². The number of hydrogen-bond acceptors (Lipinski definition) is 1. The Bertz CT molecular complexity index is 354. The standard InChI is InChI=1S/C11H15ClN2O/c1-7(14-8(2)11(13)15)9-5-3-4-6-10(9)12/h3-8,14H,1-2H3,(H2,13,15)/p+1/t7-,8-/m1/s1. The molecule has 0 fully saturated rings. The number of amides is 1. The van der Waals surface area contributed by atoms with Gasteiger partial charge in [-0.05, 0) is 19.9 Å². The topological polar surface area (TPSA) is 59.7 Å². The fourth-order valence-corrected chi connectivity index (χ4v) is 1.78. The summed E-state index contributed by atoms with van der Waals surface area (Å²) >= 11 is 6.05. The summed E-state index contributed by atoms with van der Waals surface area (Å²) in [6.07, 6.45) is 0. The van der Waals surface area contributed by atoms with E-state index in [2.05, 4.69) is 0 Å². The van der Waals surface area contributed by atoms with E-state index in [0.717, 1.165) is 10.6 Å². The lowest BCUT2D eigenvalue weighted by molar-refractivity contribution is -0.710. The van der Waals surface area contributed by atoms with Gasteiger partial charge in [-0.25, -0.2) is 0 Å². The number of carbonyl (C=O) groups excluding carboxylic acids is 1. The largest absolute Gasteiger partial charge is 0.365 e. The Morgan fingerprint density at radius 2 is 2.00 bits per heavy atom. The molecule has 0 heterocycles. The van der Waals surface area contributed by atoms with Gasteiger partial charge in [-0.3, -0.25) is 4.79 Å². The molecule has 0 aliphatic rings. The van der Waals surface area contributed by atoms with E-state index in [1.165, 1.54) is 0 Å². The van der Waals surface area contributed by atoms with Gasteiger partial charge in [-0.15, -0.1) is 0 Å². The van der Waals surface area contributed by atoms with Crippen molar-refractivity contribution < 1.29 is 10.1 Å². The number of hydrogen-bond donors (Lipinski definition) is 2. The molecule has 0 bridgehead atoms. The summed E-state index contributed by atoms with van der Waals surface area (Å²) in [5.74, 6) is -0.311. The second-order valence-corrected chi connectivity index (χ2v) is 4.10. The molecule has 4 heteroatoms. The van der Waals surface area contributed by atoms with Gasteiger partial charge in [0, 0.05) is 10.6 Å². The molecule has 1 rings (SSSR count). The molecule has 4 N–H and O–H groups in total. The Hall–Kier alpha value is -1.06. The van der Waals surface area contributed by atoms with Crippen molar-refractivity contribution in [3.05, 3.63) is 34.9 Å². The second kappa shape index (κ2) is 5.14. The molecule has 0 unspecified atom stereocenters. The van der Waals surface area contributed by atoms with Crippen molar-refractivity contribution in [2.24, 2.45) is 5.73 Å². The number of primary amides is 1. The normalized spacial score (nSPS) is 14.6. The molecule has 0 spiro atoms. The van der Waals surface area contributed by atoms with Crippen LogP contribution in [0, 0.1) is 0 Å². The molecule has 1 aromatic carbocycles. The van der Waals surface area contributed by atoms with E-state index in [9.17, 15) is 4.79 Å². The molecular formula is C11H16ClN2O+. The molecule has 82 valence electrons. The summed E-state index contributed by atoms with van der Waals surface area (Å²) in [5, 5.41) is 2.63. The predicted octanol–water partition coefficient (Wildman–Crippen LogP) is 0.838. The third kappa shape index (κ3) is 3.22. The molecular weight excluding hydrogens is 212 g/mol. The molecule has 2 atom stereocenters. The minimum absolute atomic E-state index is 0.126. The Morgan fingerprint density at radius 1 is 1.40 bits per heavy atom. The van der Waals surface area contributed by atoms with Crippen LogP contribution in [0.5, 0.6) is 0 Å². The van der Waals surface area contributed by atoms with Gasteiger partial charge in [-0.1, -0.05) is 29.8 Å². The number of carbonyl (C=O) groups is 1. The maximum Gasteiger partial charge on any atom is 0.275 e. The maximum absolute atomic E-state index is 10.9. The van der Waals surface area contributed by atoms with Gasteiger partial charge < -0.3 is 11.1 Å². The average molecular weight is 228 g/mol. The van der Waals surface area contributed by atoms with Crippen molar-refractivity contribution in [3.8, 4) is 0 Å². The van der Waals surface area contributed by atoms with Crippen LogP contribution in [-0.4, -0.2) is 11.9 Å². The minimum Gasteiger partial charge on any atom is -0.365 e. The van der Waals surface area contributed by atoms with E-state index in [1.54, 1.807) is 6.92 Å². The number of quaternary nitrogens is 1. The van der Waals surface area contributed by atoms with Crippen LogP contribution in [0.15, 0.2) is 24.3 Å². The average Bonchev–Trinajstić information content (AvgIpc) is 2.18. The van der Waals surface area contributed by atoms with Gasteiger partial charge in [-0.2, -0.15) is 0 Å². The van der Waals surface area contributed by atoms with Crippen LogP contribution >= 0.6 is 11.6 Å². The van der Waals surface area contributed by atoms with Crippen LogP contribution in [0.25, 0.3) is 0 Å². The fourth-order valence-electron chi connectivity index (χ4n) is 1.48. The van der Waals surface area contributed by atoms with Gasteiger partial charge in [0.25, 0.3) is 5.91 Å². The molecule has 0 saturated carbocycles. The number of halogens is 1. The molecule has 0 radical (unpaired) electrons. The van der Waals surface area contributed by atoms with Crippen molar-refractivity contribution in [2.45, 2.75) is 25.9 Å². The summed E-state index contributed by atoms with van der Waals surface area (Å²) < 4.78 is 0. The zero-order valence-electron chi connectivity index (χ0n) is 8.91. The number of nitrogens with two attached hydrogens (primary N) is 2. The monoisotopic (exact) mass is 227 g/mol. The van der Waals surface area contributed by atoms with Crippen LogP contribution in [-0.2, 0) is 4.79 Å². The highest BCUT2D eigenvalue weighted by Crippen LogP contribution is 2.19. The quantitative estimate of drug-likeness (QED) is 0.787. The van der Waals surface area contributed by atoms with E-state index in [-0.39, 0.29) is 18.0 Å². The third-order valence-electron chi connectivity index (χ3n) is 2.42. The first-order valence-electron chi connectivity index (χ1n) is 4.91. The first-order valence-corrected chi connectivity index (χ1v) is 5.29. The molecule has 0 aromatic heterocycles. The highest BCUT2D eigenvalue weighted by molar-refractivity contribution is 6.31. The summed E-state index contributed by atoms with van der Waals surface area (Å²) in [7, 11) is 0. The highest BCUT2D eigenvalue weighted by atomic mass is 35.5. The van der Waals surface area contributed by atoms with Gasteiger partial charge in [0.2, 0.25) is 0 Å². The lowest BCUT2D eigenvalue weighted by atomic mass is 10.1. The van der Waals surface area contributed by atoms with Gasteiger partial charge in [0.15, 0.2) is 6.04 Å². The van der Waals surface area contributed by atoms with Crippen molar-refractivity contribution in [2.75, 3.05) is 0 Å². The van der Waals surface area contributed by atoms with Crippen molar-refractivity contribution in [1.29, 1.82) is 0 Å². The molecule has 15 heavy (non-hydrogen) atoms. The van der Waals surface area contributed by atoms with E-state index >= 15 is 0 Å². The maximum atomic E-state index is 10.9. The van der Waals surface area contributed by atoms with Crippen LogP contribution in [0.2, 0.25) is 5.02 Å². The lowest BCUT2D eigenvalue weighted by Crippen LogP contribution is -2.92. The van der Waals surface area contributed by atoms with Crippen LogP contribution in [0.3, 0.4) is 0 Å². The minimum atomic E-state index is -0.311. The van der Waals surface area contributed by atoms with Crippen LogP contribution in [0.4, 0.5) is 0 Å². The van der Waals surface area contributed by atoms with Crippen molar-refractivity contribution >= 4 is 17.5 Å². The third-order valence-corrected chi connectivity index (χ3v) is 2.77. The zero-order chi connectivity index (χ0) is 11.4. The SMILES string of the molecule is C[C@@H]([NH2+][C@H](C)c1ccccc1Cl)C(N)=O. The molecule has 3 nitrogen and oxygen atoms in total. The summed E-state index contributed by atoms with van der Waals surface area (Å²) in [6.45, 7) is 3.79. The van der Waals surface area contributed by atoms with E-state index in [0.29, 0.717) is 0 Å². The molecule has 1 amide bonds. The molecule has 0 saturated heterocycles. The van der Waals surface area contributed by atoms with E-state index in [4.69, 9.17) is 17.3 Å². The highest BCUT2D eigenvalue weighted by Gasteiger charge is 2.18. The zero-order valence-corrected chi connectivity index (χ0v) is 9.66. The van der Waals surface area contributed by atoms with Gasteiger partial charge in [0.1, 0.15) is 6.04 Å². The second-order valence-electron chi connectivity index (χ2n) is 3.69. The van der Waals surface area contributed by atoms with E-state index in [1.807, 2.05) is 36.5 Å². The van der Waals surface area contributed by atoms with Crippen molar-refractivity contribution in [3.63, 3.8) is 0 Å². The Balaban J connectivity index is 2.73. The fraction of sp³-hybridized carbons (Fsp3) is 0.364. The molecule has 1 aromatic rings. The molecule has 0 aliphatic heterocycles. The van der Waals surface area contributed by atoms with Gasteiger partial charge >= 0.3 is 0 Å². The first kappa shape index (κ1) is 12.0. The summed E-state index contributed by atoms with van der Waals surface area (Å²) in [6, 6.07) is 7.50. The number of benzene rings is 1. The smallest absolute Gasteiger partial charge is 0.275 e. The molecule has 0 aliphatic carbocycles. The summed E-state index contributed by atoms with van der Waals surface area (Å²) in [5.41, 5.74) is 6.22. The van der Waals surface area contributed by atoms with Gasteiger partial charge in [0.05, 0.1) is 0 Å². The predicted molar refractivity (Wildman–Crippen MR) is 60.4 cm³/mol. The first-order chi connectivity index (χ1) is 7.02. The number of rotatable bonds is 4. The Morgan fingerprint density at radius 3 is 2.53 bits per heavy atom. The summed E-state index contributed by atoms with van der Waals surface area (Å²) in [4.78, 5) is 10.9. The Kier molecular flexibility index (Phi) is 4.12.